The van der Waals surface area contributed by atoms with E-state index < -0.39 is 15.7 Å². The van der Waals surface area contributed by atoms with Gasteiger partial charge < -0.3 is 5.32 Å². The quantitative estimate of drug-likeness (QED) is 0.622. The predicted molar refractivity (Wildman–Crippen MR) is 89.5 cm³/mol. The minimum Gasteiger partial charge on any atom is -0.379 e. The van der Waals surface area contributed by atoms with Crippen molar-refractivity contribution in [2.24, 2.45) is 0 Å². The molecule has 23 heavy (non-hydrogen) atoms. The molecule has 0 radical (unpaired) electrons. The smallest absolute Gasteiger partial charge is 0.293 e. The Morgan fingerprint density at radius 1 is 1.22 bits per heavy atom. The number of nitro benzene ring substituents is 1. The van der Waals surface area contributed by atoms with Crippen molar-refractivity contribution in [1.82, 2.24) is 0 Å². The third-order valence-corrected chi connectivity index (χ3v) is 4.45. The van der Waals surface area contributed by atoms with Crippen LogP contribution in [0, 0.1) is 21.4 Å². The molecule has 7 heteroatoms. The van der Waals surface area contributed by atoms with Crippen LogP contribution in [0.5, 0.6) is 0 Å². The van der Waals surface area contributed by atoms with Crippen molar-refractivity contribution in [3.63, 3.8) is 0 Å². The van der Waals surface area contributed by atoms with E-state index in [-0.39, 0.29) is 11.3 Å². The fraction of sp³-hybridized carbons (Fsp3) is 0.188. The lowest BCUT2D eigenvalue weighted by atomic mass is 10.2. The molecule has 1 N–H and O–H groups in total. The summed E-state index contributed by atoms with van der Waals surface area (Å²) in [7, 11) is -1.05. The monoisotopic (exact) mass is 329 g/mol. The van der Waals surface area contributed by atoms with E-state index in [1.165, 1.54) is 18.2 Å². The summed E-state index contributed by atoms with van der Waals surface area (Å²) in [5, 5.41) is 22.7. The molecular weight excluding hydrogens is 314 g/mol. The van der Waals surface area contributed by atoms with Crippen molar-refractivity contribution in [3.05, 3.63) is 69.8 Å². The van der Waals surface area contributed by atoms with Gasteiger partial charge in [-0.05, 0) is 17.7 Å². The van der Waals surface area contributed by atoms with Crippen LogP contribution in [0.4, 0.5) is 11.4 Å². The fourth-order valence-electron chi connectivity index (χ4n) is 2.03. The van der Waals surface area contributed by atoms with Gasteiger partial charge in [-0.15, -0.1) is 0 Å². The molecule has 0 aliphatic rings. The molecule has 0 saturated carbocycles. The molecule has 0 saturated heterocycles. The summed E-state index contributed by atoms with van der Waals surface area (Å²) in [6, 6.07) is 15.6. The van der Waals surface area contributed by atoms with E-state index in [1.54, 1.807) is 0 Å². The number of hydrogen-bond acceptors (Lipinski definition) is 5. The number of nitrogens with one attached hydrogen (secondary N) is 1. The number of nitriles is 1. The zero-order valence-corrected chi connectivity index (χ0v) is 13.1. The molecule has 2 rings (SSSR count). The largest absolute Gasteiger partial charge is 0.379 e. The van der Waals surface area contributed by atoms with E-state index in [1.807, 2.05) is 36.4 Å². The molecule has 0 aliphatic heterocycles. The predicted octanol–water partition coefficient (Wildman–Crippen LogP) is 2.83. The molecule has 0 unspecified atom stereocenters. The first-order valence-electron chi connectivity index (χ1n) is 6.91. The Kier molecular flexibility index (Phi) is 5.83. The van der Waals surface area contributed by atoms with Crippen molar-refractivity contribution in [2.75, 3.05) is 17.6 Å². The van der Waals surface area contributed by atoms with Gasteiger partial charge in [-0.1, -0.05) is 30.3 Å². The molecule has 0 fully saturated rings. The first-order valence-corrected chi connectivity index (χ1v) is 8.40. The second-order valence-corrected chi connectivity index (χ2v) is 6.38. The van der Waals surface area contributed by atoms with Crippen molar-refractivity contribution in [2.45, 2.75) is 5.75 Å². The summed E-state index contributed by atoms with van der Waals surface area (Å²) in [5.41, 5.74) is 1.40. The first kappa shape index (κ1) is 16.6. The summed E-state index contributed by atoms with van der Waals surface area (Å²) in [6.45, 7) is 0.353. The van der Waals surface area contributed by atoms with Crippen LogP contribution < -0.4 is 5.32 Å². The van der Waals surface area contributed by atoms with Gasteiger partial charge in [0.15, 0.2) is 0 Å². The lowest BCUT2D eigenvalue weighted by Crippen LogP contribution is -2.13. The SMILES string of the molecule is N#Cc1ccc(NCC[S@@](=O)Cc2ccccc2)c([N+](=O)[O-])c1. The lowest BCUT2D eigenvalue weighted by molar-refractivity contribution is -0.384. The number of nitro groups is 1. The Bertz CT molecular complexity index is 757. The Labute approximate surface area is 136 Å². The maximum Gasteiger partial charge on any atom is 0.293 e. The zero-order chi connectivity index (χ0) is 16.7. The number of benzene rings is 2. The highest BCUT2D eigenvalue weighted by atomic mass is 32.2. The molecule has 118 valence electrons. The minimum atomic E-state index is -1.05. The first-order chi connectivity index (χ1) is 11.1. The van der Waals surface area contributed by atoms with Crippen molar-refractivity contribution in [3.8, 4) is 6.07 Å². The maximum atomic E-state index is 12.0. The van der Waals surface area contributed by atoms with Gasteiger partial charge in [-0.3, -0.25) is 14.3 Å². The van der Waals surface area contributed by atoms with Gasteiger partial charge in [0, 0.05) is 34.9 Å². The average molecular weight is 329 g/mol. The van der Waals surface area contributed by atoms with E-state index in [0.29, 0.717) is 23.7 Å². The molecule has 1 atom stereocenters. The summed E-state index contributed by atoms with van der Waals surface area (Å²) >= 11 is 0. The second-order valence-electron chi connectivity index (χ2n) is 4.80. The Balaban J connectivity index is 1.92. The highest BCUT2D eigenvalue weighted by Gasteiger charge is 2.14. The van der Waals surface area contributed by atoms with Gasteiger partial charge in [-0.25, -0.2) is 0 Å². The molecule has 0 aromatic heterocycles. The normalized spacial score (nSPS) is 11.4. The average Bonchev–Trinajstić information content (AvgIpc) is 2.55. The van der Waals surface area contributed by atoms with E-state index in [0.717, 1.165) is 5.56 Å². The van der Waals surface area contributed by atoms with Crippen molar-refractivity contribution >= 4 is 22.2 Å². The van der Waals surface area contributed by atoms with E-state index in [9.17, 15) is 14.3 Å². The number of hydrogen-bond donors (Lipinski definition) is 1. The third kappa shape index (κ3) is 4.90. The fourth-order valence-corrected chi connectivity index (χ4v) is 3.07. The van der Waals surface area contributed by atoms with E-state index in [4.69, 9.17) is 5.26 Å². The molecule has 0 amide bonds. The molecular formula is C16H15N3O3S. The molecule has 0 spiro atoms. The molecule has 2 aromatic carbocycles. The molecule has 0 heterocycles. The number of rotatable bonds is 7. The van der Waals surface area contributed by atoms with Crippen LogP contribution in [0.3, 0.4) is 0 Å². The third-order valence-electron chi connectivity index (χ3n) is 3.14. The van der Waals surface area contributed by atoms with Gasteiger partial charge in [-0.2, -0.15) is 5.26 Å². The molecule has 0 bridgehead atoms. The van der Waals surface area contributed by atoms with Crippen molar-refractivity contribution < 1.29 is 9.13 Å². The highest BCUT2D eigenvalue weighted by Crippen LogP contribution is 2.25. The second kappa shape index (κ2) is 8.06. The van der Waals surface area contributed by atoms with Crippen LogP contribution in [-0.2, 0) is 16.6 Å². The van der Waals surface area contributed by atoms with Gasteiger partial charge in [0.05, 0.1) is 16.6 Å². The zero-order valence-electron chi connectivity index (χ0n) is 12.3. The highest BCUT2D eigenvalue weighted by molar-refractivity contribution is 7.84. The van der Waals surface area contributed by atoms with Gasteiger partial charge in [0.2, 0.25) is 0 Å². The maximum absolute atomic E-state index is 12.0. The minimum absolute atomic E-state index is 0.155. The molecule has 6 nitrogen and oxygen atoms in total. The van der Waals surface area contributed by atoms with Gasteiger partial charge in [0.1, 0.15) is 5.69 Å². The van der Waals surface area contributed by atoms with Crippen LogP contribution >= 0.6 is 0 Å². The van der Waals surface area contributed by atoms with Crippen LogP contribution in [0.15, 0.2) is 48.5 Å². The van der Waals surface area contributed by atoms with Crippen LogP contribution in [-0.4, -0.2) is 21.4 Å². The summed E-state index contributed by atoms with van der Waals surface area (Å²) in [4.78, 5) is 10.5. The molecule has 0 aliphatic carbocycles. The Morgan fingerprint density at radius 2 is 1.96 bits per heavy atom. The summed E-state index contributed by atoms with van der Waals surface area (Å²) < 4.78 is 12.0. The van der Waals surface area contributed by atoms with Crippen LogP contribution in [0.25, 0.3) is 0 Å². The number of nitrogens with zero attached hydrogens (tertiary/aromatic N) is 2. The van der Waals surface area contributed by atoms with Crippen LogP contribution in [0.1, 0.15) is 11.1 Å². The van der Waals surface area contributed by atoms with Gasteiger partial charge >= 0.3 is 0 Å². The Morgan fingerprint density at radius 3 is 2.61 bits per heavy atom. The van der Waals surface area contributed by atoms with E-state index >= 15 is 0 Å². The van der Waals surface area contributed by atoms with Crippen LogP contribution in [0.2, 0.25) is 0 Å². The van der Waals surface area contributed by atoms with Crippen molar-refractivity contribution in [1.29, 1.82) is 5.26 Å². The molecule has 2 aromatic rings. The number of anilines is 1. The van der Waals surface area contributed by atoms with Gasteiger partial charge in [0.25, 0.3) is 5.69 Å². The van der Waals surface area contributed by atoms with E-state index in [2.05, 4.69) is 5.32 Å². The summed E-state index contributed by atoms with van der Waals surface area (Å²) in [5.74, 6) is 0.837. The lowest BCUT2D eigenvalue weighted by Gasteiger charge is -2.07. The summed E-state index contributed by atoms with van der Waals surface area (Å²) in [6.07, 6.45) is 0. The topological polar surface area (TPSA) is 96.0 Å². The Hall–Kier alpha value is -2.72. The standard InChI is InChI=1S/C16H15N3O3S/c17-11-14-6-7-15(16(10-14)19(20)21)18-8-9-23(22)12-13-4-2-1-3-5-13/h1-7,10,18H,8-9,12H2/t23-/m1/s1.